The number of esters is 1. The van der Waals surface area contributed by atoms with Crippen LogP contribution in [-0.2, 0) is 19.6 Å². The third-order valence-corrected chi connectivity index (χ3v) is 4.78. The lowest BCUT2D eigenvalue weighted by Crippen LogP contribution is -2.25. The zero-order valence-electron chi connectivity index (χ0n) is 10.8. The van der Waals surface area contributed by atoms with E-state index in [1.807, 2.05) is 0 Å². The smallest absolute Gasteiger partial charge is 0.339 e. The van der Waals surface area contributed by atoms with Gasteiger partial charge in [-0.15, -0.1) is 0 Å². The summed E-state index contributed by atoms with van der Waals surface area (Å²) in [4.78, 5) is 22.2. The summed E-state index contributed by atoms with van der Waals surface area (Å²) in [6.07, 6.45) is -1.52. The average molecular weight is 298 g/mol. The molecule has 0 aromatic heterocycles. The van der Waals surface area contributed by atoms with Gasteiger partial charge in [0.15, 0.2) is 0 Å². The van der Waals surface area contributed by atoms with E-state index in [0.717, 1.165) is 4.31 Å². The van der Waals surface area contributed by atoms with Gasteiger partial charge in [0.2, 0.25) is 10.0 Å². The van der Waals surface area contributed by atoms with Crippen molar-refractivity contribution in [3.05, 3.63) is 29.3 Å². The molecule has 1 aliphatic rings. The van der Waals surface area contributed by atoms with Crippen molar-refractivity contribution >= 4 is 22.0 Å². The van der Waals surface area contributed by atoms with Crippen LogP contribution in [0.5, 0.6) is 0 Å². The number of hydrogen-bond acceptors (Lipinski definition) is 6. The summed E-state index contributed by atoms with van der Waals surface area (Å²) < 4.78 is 30.0. The number of hydrogen-bond donors (Lipinski definition) is 0. The molecule has 0 N–H and O–H groups in total. The highest BCUT2D eigenvalue weighted by Crippen LogP contribution is 2.34. The Bertz CT molecular complexity index is 677. The number of benzene rings is 1. The van der Waals surface area contributed by atoms with Gasteiger partial charge in [-0.05, 0) is 18.2 Å². The van der Waals surface area contributed by atoms with Crippen molar-refractivity contribution in [2.24, 2.45) is 0 Å². The summed E-state index contributed by atoms with van der Waals surface area (Å²) in [5, 5.41) is 10.6. The number of carbonyl (C=O) groups excluding carboxylic acids is 2. The number of rotatable bonds is 4. The van der Waals surface area contributed by atoms with E-state index in [1.54, 1.807) is 0 Å². The molecule has 0 saturated carbocycles. The maximum atomic E-state index is 12.0. The highest BCUT2D eigenvalue weighted by Gasteiger charge is 2.32. The van der Waals surface area contributed by atoms with E-state index in [2.05, 4.69) is 0 Å². The number of fused-ring (bicyclic) bond motifs is 1. The lowest BCUT2D eigenvalue weighted by Gasteiger charge is -2.14. The summed E-state index contributed by atoms with van der Waals surface area (Å²) >= 11 is 0. The van der Waals surface area contributed by atoms with E-state index in [1.165, 1.54) is 32.3 Å². The minimum Gasteiger partial charge on any atom is -0.550 e. The Balaban J connectivity index is 2.50. The van der Waals surface area contributed by atoms with E-state index >= 15 is 0 Å². The molecule has 0 aliphatic carbocycles. The Morgan fingerprint density at radius 3 is 2.60 bits per heavy atom. The second-order valence-corrected chi connectivity index (χ2v) is 6.66. The molecular formula is C12H12NO6S-. The van der Waals surface area contributed by atoms with E-state index in [-0.39, 0.29) is 16.0 Å². The normalized spacial score (nSPS) is 17.9. The molecule has 1 aliphatic heterocycles. The minimum atomic E-state index is -3.66. The van der Waals surface area contributed by atoms with Gasteiger partial charge in [0.05, 0.1) is 10.5 Å². The summed E-state index contributed by atoms with van der Waals surface area (Å²) in [6, 6.07) is 3.88. The maximum absolute atomic E-state index is 12.0. The van der Waals surface area contributed by atoms with Gasteiger partial charge in [0.25, 0.3) is 0 Å². The molecule has 20 heavy (non-hydrogen) atoms. The van der Waals surface area contributed by atoms with E-state index in [9.17, 15) is 23.1 Å². The van der Waals surface area contributed by atoms with Crippen LogP contribution in [-0.4, -0.2) is 38.8 Å². The van der Waals surface area contributed by atoms with Crippen molar-refractivity contribution in [2.45, 2.75) is 17.4 Å². The summed E-state index contributed by atoms with van der Waals surface area (Å²) in [7, 11) is -0.909. The van der Waals surface area contributed by atoms with Gasteiger partial charge < -0.3 is 14.6 Å². The topological polar surface area (TPSA) is 104 Å². The van der Waals surface area contributed by atoms with Gasteiger partial charge in [-0.3, -0.25) is 0 Å². The molecule has 1 aromatic carbocycles. The van der Waals surface area contributed by atoms with Crippen LogP contribution in [0.25, 0.3) is 0 Å². The second kappa shape index (κ2) is 4.88. The van der Waals surface area contributed by atoms with Crippen LogP contribution < -0.4 is 5.11 Å². The number of ether oxygens (including phenoxy) is 1. The molecule has 1 aromatic rings. The molecule has 0 fully saturated rings. The molecule has 1 heterocycles. The molecule has 2 rings (SSSR count). The molecule has 0 bridgehead atoms. The first-order valence-electron chi connectivity index (χ1n) is 5.71. The number of aliphatic carboxylic acids is 1. The Morgan fingerprint density at radius 1 is 1.40 bits per heavy atom. The first-order valence-corrected chi connectivity index (χ1v) is 7.15. The largest absolute Gasteiger partial charge is 0.550 e. The molecule has 0 radical (unpaired) electrons. The predicted octanol–water partition coefficient (Wildman–Crippen LogP) is -0.712. The fourth-order valence-electron chi connectivity index (χ4n) is 1.92. The van der Waals surface area contributed by atoms with Gasteiger partial charge in [-0.25, -0.2) is 17.5 Å². The molecule has 7 nitrogen and oxygen atoms in total. The monoisotopic (exact) mass is 298 g/mol. The number of carboxylic acid groups (broad SMARTS) is 1. The zero-order valence-corrected chi connectivity index (χ0v) is 11.6. The molecule has 8 heteroatoms. The molecule has 1 atom stereocenters. The van der Waals surface area contributed by atoms with Gasteiger partial charge in [0.1, 0.15) is 6.10 Å². The quantitative estimate of drug-likeness (QED) is 0.680. The van der Waals surface area contributed by atoms with Crippen LogP contribution in [0.1, 0.15) is 28.4 Å². The highest BCUT2D eigenvalue weighted by atomic mass is 32.2. The van der Waals surface area contributed by atoms with E-state index in [4.69, 9.17) is 4.74 Å². The fourth-order valence-corrected chi connectivity index (χ4v) is 2.86. The maximum Gasteiger partial charge on any atom is 0.339 e. The molecular weight excluding hydrogens is 286 g/mol. The van der Waals surface area contributed by atoms with Gasteiger partial charge in [-0.2, -0.15) is 0 Å². The molecule has 0 unspecified atom stereocenters. The molecule has 0 saturated heterocycles. The van der Waals surface area contributed by atoms with Crippen molar-refractivity contribution in [1.29, 1.82) is 0 Å². The van der Waals surface area contributed by atoms with Crippen molar-refractivity contribution in [3.8, 4) is 0 Å². The predicted molar refractivity (Wildman–Crippen MR) is 65.1 cm³/mol. The van der Waals surface area contributed by atoms with Crippen molar-refractivity contribution in [2.75, 3.05) is 14.1 Å². The number of sulfonamides is 1. The van der Waals surface area contributed by atoms with Crippen LogP contribution in [0.15, 0.2) is 23.1 Å². The average Bonchev–Trinajstić information content (AvgIpc) is 2.65. The van der Waals surface area contributed by atoms with Crippen molar-refractivity contribution < 1.29 is 27.9 Å². The van der Waals surface area contributed by atoms with Gasteiger partial charge in [0, 0.05) is 32.0 Å². The number of carboxylic acids is 1. The molecule has 0 spiro atoms. The van der Waals surface area contributed by atoms with E-state index in [0.29, 0.717) is 0 Å². The highest BCUT2D eigenvalue weighted by molar-refractivity contribution is 7.89. The van der Waals surface area contributed by atoms with E-state index < -0.39 is 34.5 Å². The third kappa shape index (κ3) is 2.39. The second-order valence-electron chi connectivity index (χ2n) is 4.51. The van der Waals surface area contributed by atoms with Crippen molar-refractivity contribution in [1.82, 2.24) is 4.31 Å². The number of nitrogens with zero attached hydrogens (tertiary/aromatic N) is 1. The lowest BCUT2D eigenvalue weighted by atomic mass is 10.0. The van der Waals surface area contributed by atoms with Crippen LogP contribution in [0, 0.1) is 0 Å². The standard InChI is InChI=1S/C12H13NO6S/c1-13(2)20(17,18)7-3-4-8-9(5-7)10(6-11(14)15)19-12(8)16/h3-5,10H,6H2,1-2H3,(H,14,15)/p-1/t10-/m0/s1. The van der Waals surface area contributed by atoms with Crippen LogP contribution in [0.4, 0.5) is 0 Å². The Morgan fingerprint density at radius 2 is 2.05 bits per heavy atom. The third-order valence-electron chi connectivity index (χ3n) is 2.97. The zero-order chi connectivity index (χ0) is 15.1. The summed E-state index contributed by atoms with van der Waals surface area (Å²) in [5.41, 5.74) is 0.427. The Hall–Kier alpha value is -1.93. The summed E-state index contributed by atoms with van der Waals surface area (Å²) in [5.74, 6) is -2.04. The van der Waals surface area contributed by atoms with Crippen LogP contribution >= 0.6 is 0 Å². The SMILES string of the molecule is CN(C)S(=O)(=O)c1ccc2c(c1)[C@H](CC(=O)[O-])OC2=O. The van der Waals surface area contributed by atoms with Crippen LogP contribution in [0.3, 0.4) is 0 Å². The Kier molecular flexibility index (Phi) is 3.53. The Labute approximate surface area is 115 Å². The minimum absolute atomic E-state index is 0.0251. The van der Waals surface area contributed by atoms with Gasteiger partial charge >= 0.3 is 5.97 Å². The number of carbonyl (C=O) groups is 2. The van der Waals surface area contributed by atoms with Crippen molar-refractivity contribution in [3.63, 3.8) is 0 Å². The van der Waals surface area contributed by atoms with Gasteiger partial charge in [-0.1, -0.05) is 0 Å². The molecule has 108 valence electrons. The number of cyclic esters (lactones) is 1. The lowest BCUT2D eigenvalue weighted by molar-refractivity contribution is -0.307. The first-order chi connectivity index (χ1) is 9.23. The molecule has 0 amide bonds. The summed E-state index contributed by atoms with van der Waals surface area (Å²) in [6.45, 7) is 0. The first kappa shape index (κ1) is 14.5. The van der Waals surface area contributed by atoms with Crippen LogP contribution in [0.2, 0.25) is 0 Å². The fraction of sp³-hybridized carbons (Fsp3) is 0.333.